The molecule has 0 aromatic rings. The topological polar surface area (TPSA) is 72.1 Å². The van der Waals surface area contributed by atoms with E-state index in [-0.39, 0.29) is 12.1 Å². The summed E-state index contributed by atoms with van der Waals surface area (Å²) in [5.41, 5.74) is 2.65. The van der Waals surface area contributed by atoms with Crippen LogP contribution in [0, 0.1) is 0 Å². The van der Waals surface area contributed by atoms with E-state index in [1.807, 2.05) is 18.9 Å². The molecule has 0 amide bonds. The fourth-order valence-corrected chi connectivity index (χ4v) is 2.08. The molecule has 2 unspecified atom stereocenters. The summed E-state index contributed by atoms with van der Waals surface area (Å²) in [5, 5.41) is 0. The van der Waals surface area contributed by atoms with E-state index in [2.05, 4.69) is 10.4 Å². The van der Waals surface area contributed by atoms with Gasteiger partial charge in [-0.3, -0.25) is 5.43 Å². The Balaban J connectivity index is 2.47. The van der Waals surface area contributed by atoms with Gasteiger partial charge in [-0.25, -0.2) is 10.8 Å². The molecule has 0 spiro atoms. The Morgan fingerprint density at radius 3 is 2.94 bits per heavy atom. The Hall–Kier alpha value is -0.850. The van der Waals surface area contributed by atoms with Crippen LogP contribution in [0.2, 0.25) is 0 Å². The Kier molecular flexibility index (Phi) is 7.00. The molecule has 6 heteroatoms. The zero-order valence-electron chi connectivity index (χ0n) is 11.7. The number of aliphatic imine (C=N–C) groups is 1. The minimum Gasteiger partial charge on any atom is -0.382 e. The average molecular weight is 258 g/mol. The number of ether oxygens (including phenoxy) is 2. The van der Waals surface area contributed by atoms with Crippen LogP contribution in [-0.2, 0) is 9.47 Å². The van der Waals surface area contributed by atoms with Gasteiger partial charge in [-0.05, 0) is 26.2 Å². The molecule has 2 atom stereocenters. The third-order valence-corrected chi connectivity index (χ3v) is 2.99. The summed E-state index contributed by atoms with van der Waals surface area (Å²) in [5.74, 6) is 6.19. The van der Waals surface area contributed by atoms with Crippen LogP contribution in [0.25, 0.3) is 0 Å². The Morgan fingerprint density at radius 2 is 2.39 bits per heavy atom. The predicted octanol–water partition coefficient (Wildman–Crippen LogP) is 0.342. The molecule has 0 aromatic carbocycles. The number of nitrogens with one attached hydrogen (secondary N) is 1. The smallest absolute Gasteiger partial charge is 0.208 e. The van der Waals surface area contributed by atoms with Crippen LogP contribution in [0.15, 0.2) is 4.99 Å². The summed E-state index contributed by atoms with van der Waals surface area (Å²) in [6.45, 7) is 4.24. The van der Waals surface area contributed by atoms with Crippen LogP contribution in [0.3, 0.4) is 0 Å². The van der Waals surface area contributed by atoms with E-state index in [1.54, 1.807) is 7.11 Å². The molecule has 1 heterocycles. The van der Waals surface area contributed by atoms with Crippen molar-refractivity contribution in [3.63, 3.8) is 0 Å². The molecule has 0 aliphatic carbocycles. The van der Waals surface area contributed by atoms with Crippen molar-refractivity contribution in [2.75, 3.05) is 33.9 Å². The molecule has 1 saturated heterocycles. The minimum absolute atomic E-state index is 0.0794. The van der Waals surface area contributed by atoms with Crippen LogP contribution >= 0.6 is 0 Å². The summed E-state index contributed by atoms with van der Waals surface area (Å²) < 4.78 is 10.8. The lowest BCUT2D eigenvalue weighted by Gasteiger charge is -2.29. The zero-order chi connectivity index (χ0) is 13.4. The molecular formula is C12H26N4O2. The Labute approximate surface area is 109 Å². The molecule has 106 valence electrons. The Bertz CT molecular complexity index is 254. The normalized spacial score (nSPS) is 22.7. The Morgan fingerprint density at radius 1 is 1.61 bits per heavy atom. The lowest BCUT2D eigenvalue weighted by Crippen LogP contribution is -2.47. The number of likely N-dealkylation sites (N-methyl/N-ethyl adjacent to an activating group) is 1. The fraction of sp³-hybridized carbons (Fsp3) is 0.917. The quantitative estimate of drug-likeness (QED) is 0.322. The number of nitrogens with two attached hydrogens (primary N) is 1. The third-order valence-electron chi connectivity index (χ3n) is 2.99. The van der Waals surface area contributed by atoms with Gasteiger partial charge in [0.15, 0.2) is 0 Å². The molecule has 6 nitrogen and oxygen atoms in total. The molecule has 18 heavy (non-hydrogen) atoms. The molecule has 1 rings (SSSR count). The van der Waals surface area contributed by atoms with E-state index in [4.69, 9.17) is 15.3 Å². The number of hydrogen-bond acceptors (Lipinski definition) is 4. The van der Waals surface area contributed by atoms with Crippen molar-refractivity contribution in [2.45, 2.75) is 38.3 Å². The number of guanidine groups is 1. The second-order valence-electron chi connectivity index (χ2n) is 4.77. The van der Waals surface area contributed by atoms with Crippen molar-refractivity contribution in [3.05, 3.63) is 0 Å². The van der Waals surface area contributed by atoms with E-state index in [1.165, 1.54) is 12.8 Å². The van der Waals surface area contributed by atoms with Gasteiger partial charge in [0.1, 0.15) is 0 Å². The lowest BCUT2D eigenvalue weighted by atomic mass is 10.1. The maximum Gasteiger partial charge on any atom is 0.208 e. The van der Waals surface area contributed by atoms with Crippen molar-refractivity contribution in [2.24, 2.45) is 10.8 Å². The van der Waals surface area contributed by atoms with E-state index in [0.717, 1.165) is 19.6 Å². The van der Waals surface area contributed by atoms with Gasteiger partial charge in [0.25, 0.3) is 0 Å². The summed E-state index contributed by atoms with van der Waals surface area (Å²) in [6.07, 6.45) is 3.79. The third kappa shape index (κ3) is 5.20. The van der Waals surface area contributed by atoms with E-state index < -0.39 is 0 Å². The van der Waals surface area contributed by atoms with Crippen LogP contribution < -0.4 is 11.3 Å². The zero-order valence-corrected chi connectivity index (χ0v) is 11.7. The first-order chi connectivity index (χ1) is 8.67. The molecule has 1 aliphatic heterocycles. The monoisotopic (exact) mass is 258 g/mol. The van der Waals surface area contributed by atoms with Gasteiger partial charge in [-0.1, -0.05) is 0 Å². The number of hydrogen-bond donors (Lipinski definition) is 2. The van der Waals surface area contributed by atoms with Crippen LogP contribution in [0.4, 0.5) is 0 Å². The van der Waals surface area contributed by atoms with Crippen molar-refractivity contribution in [1.82, 2.24) is 10.3 Å². The van der Waals surface area contributed by atoms with Gasteiger partial charge in [-0.15, -0.1) is 0 Å². The highest BCUT2D eigenvalue weighted by molar-refractivity contribution is 5.79. The number of methoxy groups -OCH3 is 1. The highest BCUT2D eigenvalue weighted by Gasteiger charge is 2.17. The maximum absolute atomic E-state index is 5.71. The highest BCUT2D eigenvalue weighted by atomic mass is 16.5. The fourth-order valence-electron chi connectivity index (χ4n) is 2.08. The minimum atomic E-state index is 0.0794. The van der Waals surface area contributed by atoms with Gasteiger partial charge in [0.05, 0.1) is 18.8 Å². The van der Waals surface area contributed by atoms with Crippen LogP contribution in [0.5, 0.6) is 0 Å². The number of rotatable bonds is 5. The lowest BCUT2D eigenvalue weighted by molar-refractivity contribution is 0.00670. The van der Waals surface area contributed by atoms with Crippen LogP contribution in [-0.4, -0.2) is 56.9 Å². The average Bonchev–Trinajstić information content (AvgIpc) is 2.37. The van der Waals surface area contributed by atoms with Crippen molar-refractivity contribution in [1.29, 1.82) is 0 Å². The standard InChI is InChI=1S/C12H26N4O2/c1-10(9-17-3)14-12(15-13)16(2)8-11-6-4-5-7-18-11/h10-11H,4-9,13H2,1-3H3,(H,14,15). The first-order valence-corrected chi connectivity index (χ1v) is 6.53. The summed E-state index contributed by atoms with van der Waals surface area (Å²) in [4.78, 5) is 6.48. The molecule has 3 N–H and O–H groups in total. The molecule has 1 fully saturated rings. The van der Waals surface area contributed by atoms with E-state index in [0.29, 0.717) is 12.6 Å². The van der Waals surface area contributed by atoms with Gasteiger partial charge < -0.3 is 14.4 Å². The molecule has 0 saturated carbocycles. The van der Waals surface area contributed by atoms with Gasteiger partial charge >= 0.3 is 0 Å². The van der Waals surface area contributed by atoms with Gasteiger partial charge in [0, 0.05) is 27.3 Å². The second-order valence-corrected chi connectivity index (χ2v) is 4.77. The molecule has 0 bridgehead atoms. The van der Waals surface area contributed by atoms with Gasteiger partial charge in [0.2, 0.25) is 5.96 Å². The molecule has 0 aromatic heterocycles. The first-order valence-electron chi connectivity index (χ1n) is 6.53. The molecule has 1 aliphatic rings. The van der Waals surface area contributed by atoms with Crippen molar-refractivity contribution in [3.8, 4) is 0 Å². The van der Waals surface area contributed by atoms with E-state index >= 15 is 0 Å². The first kappa shape index (κ1) is 15.2. The van der Waals surface area contributed by atoms with Crippen molar-refractivity contribution < 1.29 is 9.47 Å². The summed E-state index contributed by atoms with van der Waals surface area (Å²) in [7, 11) is 3.64. The molecular weight excluding hydrogens is 232 g/mol. The SMILES string of the molecule is COCC(C)N=C(NN)N(C)CC1CCCCO1. The highest BCUT2D eigenvalue weighted by Crippen LogP contribution is 2.13. The van der Waals surface area contributed by atoms with E-state index in [9.17, 15) is 0 Å². The molecule has 0 radical (unpaired) electrons. The number of nitrogens with zero attached hydrogens (tertiary/aromatic N) is 2. The number of hydrazine groups is 1. The van der Waals surface area contributed by atoms with Crippen LogP contribution in [0.1, 0.15) is 26.2 Å². The predicted molar refractivity (Wildman–Crippen MR) is 72.3 cm³/mol. The summed E-state index contributed by atoms with van der Waals surface area (Å²) in [6, 6.07) is 0.0794. The largest absolute Gasteiger partial charge is 0.382 e. The maximum atomic E-state index is 5.71. The van der Waals surface area contributed by atoms with Crippen molar-refractivity contribution >= 4 is 5.96 Å². The van der Waals surface area contributed by atoms with Gasteiger partial charge in [-0.2, -0.15) is 0 Å². The summed E-state index contributed by atoms with van der Waals surface area (Å²) >= 11 is 0. The second kappa shape index (κ2) is 8.29.